The number of hydrogen-bond acceptors (Lipinski definition) is 3. The number of aliphatic hydroxyl groups excluding tert-OH is 1. The first-order valence-electron chi connectivity index (χ1n) is 5.95. The Labute approximate surface area is 111 Å². The van der Waals surface area contributed by atoms with Gasteiger partial charge in [-0.3, -0.25) is 4.79 Å². The maximum absolute atomic E-state index is 13.1. The normalized spacial score (nSPS) is 23.4. The second-order valence-corrected chi connectivity index (χ2v) is 5.16. The summed E-state index contributed by atoms with van der Waals surface area (Å²) >= 11 is 3.97. The van der Waals surface area contributed by atoms with Gasteiger partial charge in [-0.25, -0.2) is 4.39 Å². The van der Waals surface area contributed by atoms with E-state index in [-0.39, 0.29) is 29.4 Å². The third kappa shape index (κ3) is 2.37. The summed E-state index contributed by atoms with van der Waals surface area (Å²) in [5.74, 6) is -0.327. The summed E-state index contributed by atoms with van der Waals surface area (Å²) in [7, 11) is 0. The quantitative estimate of drug-likeness (QED) is 0.806. The van der Waals surface area contributed by atoms with Crippen molar-refractivity contribution in [2.45, 2.75) is 24.3 Å². The molecule has 2 atom stereocenters. The lowest BCUT2D eigenvalue weighted by Gasteiger charge is -2.25. The smallest absolute Gasteiger partial charge is 0.254 e. The number of rotatable bonds is 2. The fourth-order valence-electron chi connectivity index (χ4n) is 2.35. The molecule has 1 fully saturated rings. The minimum atomic E-state index is -0.441. The summed E-state index contributed by atoms with van der Waals surface area (Å²) in [5.41, 5.74) is 0.411. The Bertz CT molecular complexity index is 466. The first-order chi connectivity index (χ1) is 8.54. The van der Waals surface area contributed by atoms with Crippen molar-refractivity contribution in [2.75, 3.05) is 13.2 Å². The predicted octanol–water partition coefficient (Wildman–Crippen LogP) is 1.96. The van der Waals surface area contributed by atoms with Crippen molar-refractivity contribution >= 4 is 18.5 Å². The summed E-state index contributed by atoms with van der Waals surface area (Å²) in [6.45, 7) is 2.61. The highest BCUT2D eigenvalue weighted by Gasteiger charge is 2.34. The largest absolute Gasteiger partial charge is 0.394 e. The molecule has 1 N–H and O–H groups in total. The molecule has 1 saturated heterocycles. The van der Waals surface area contributed by atoms with Crippen molar-refractivity contribution in [2.24, 2.45) is 5.92 Å². The van der Waals surface area contributed by atoms with Gasteiger partial charge in [0.05, 0.1) is 12.6 Å². The third-order valence-electron chi connectivity index (χ3n) is 3.52. The Balaban J connectivity index is 2.23. The maximum Gasteiger partial charge on any atom is 0.254 e. The number of thiol groups is 1. The van der Waals surface area contributed by atoms with Gasteiger partial charge in [0.1, 0.15) is 5.82 Å². The molecule has 18 heavy (non-hydrogen) atoms. The summed E-state index contributed by atoms with van der Waals surface area (Å²) in [5, 5.41) is 9.33. The molecule has 5 heteroatoms. The number of aliphatic hydroxyl groups is 1. The van der Waals surface area contributed by atoms with Gasteiger partial charge >= 0.3 is 0 Å². The SMILES string of the molecule is CC1CCN(C(=O)c2ccc(F)c(S)c2)C1CO. The third-order valence-corrected chi connectivity index (χ3v) is 3.87. The van der Waals surface area contributed by atoms with E-state index in [9.17, 15) is 14.3 Å². The molecule has 0 bridgehead atoms. The van der Waals surface area contributed by atoms with Crippen molar-refractivity contribution < 1.29 is 14.3 Å². The molecule has 98 valence electrons. The van der Waals surface area contributed by atoms with E-state index >= 15 is 0 Å². The van der Waals surface area contributed by atoms with Crippen molar-refractivity contribution in [1.82, 2.24) is 4.90 Å². The summed E-state index contributed by atoms with van der Waals surface area (Å²) in [6, 6.07) is 3.97. The van der Waals surface area contributed by atoms with Crippen molar-refractivity contribution in [1.29, 1.82) is 0 Å². The van der Waals surface area contributed by atoms with E-state index in [4.69, 9.17) is 0 Å². The molecule has 1 aliphatic rings. The van der Waals surface area contributed by atoms with E-state index in [1.54, 1.807) is 4.90 Å². The molecule has 1 aromatic rings. The highest BCUT2D eigenvalue weighted by atomic mass is 32.1. The van der Waals surface area contributed by atoms with Crippen LogP contribution < -0.4 is 0 Å². The lowest BCUT2D eigenvalue weighted by atomic mass is 10.0. The molecule has 0 aliphatic carbocycles. The van der Waals surface area contributed by atoms with Gasteiger partial charge in [0, 0.05) is 17.0 Å². The minimum Gasteiger partial charge on any atom is -0.394 e. The number of carbonyl (C=O) groups is 1. The molecular formula is C13H16FNO2S. The van der Waals surface area contributed by atoms with E-state index in [0.29, 0.717) is 12.1 Å². The van der Waals surface area contributed by atoms with Crippen LogP contribution in [0, 0.1) is 11.7 Å². The number of likely N-dealkylation sites (tertiary alicyclic amines) is 1. The molecule has 1 amide bonds. The molecule has 0 radical (unpaired) electrons. The van der Waals surface area contributed by atoms with Crippen LogP contribution in [0.3, 0.4) is 0 Å². The van der Waals surface area contributed by atoms with E-state index in [1.807, 2.05) is 6.92 Å². The molecule has 3 nitrogen and oxygen atoms in total. The van der Waals surface area contributed by atoms with Crippen molar-refractivity contribution in [3.63, 3.8) is 0 Å². The maximum atomic E-state index is 13.1. The molecule has 2 unspecified atom stereocenters. The van der Waals surface area contributed by atoms with E-state index in [1.165, 1.54) is 18.2 Å². The molecule has 0 aromatic heterocycles. The standard InChI is InChI=1S/C13H16FNO2S/c1-8-4-5-15(11(8)7-16)13(17)9-2-3-10(14)12(18)6-9/h2-3,6,8,11,16,18H,4-5,7H2,1H3. The predicted molar refractivity (Wildman–Crippen MR) is 69.3 cm³/mol. The van der Waals surface area contributed by atoms with Gasteiger partial charge in [-0.2, -0.15) is 0 Å². The number of benzene rings is 1. The van der Waals surface area contributed by atoms with Gasteiger partial charge in [0.15, 0.2) is 0 Å². The first-order valence-corrected chi connectivity index (χ1v) is 6.39. The fraction of sp³-hybridized carbons (Fsp3) is 0.462. The lowest BCUT2D eigenvalue weighted by Crippen LogP contribution is -2.39. The summed E-state index contributed by atoms with van der Waals surface area (Å²) in [4.78, 5) is 14.1. The fourth-order valence-corrected chi connectivity index (χ4v) is 2.56. The average Bonchev–Trinajstić information content (AvgIpc) is 2.73. The van der Waals surface area contributed by atoms with Gasteiger partial charge in [-0.15, -0.1) is 12.6 Å². The summed E-state index contributed by atoms with van der Waals surface area (Å²) < 4.78 is 13.1. The van der Waals surface area contributed by atoms with Crippen LogP contribution in [0.5, 0.6) is 0 Å². The van der Waals surface area contributed by atoms with E-state index in [0.717, 1.165) is 6.42 Å². The van der Waals surface area contributed by atoms with Crippen molar-refractivity contribution in [3.05, 3.63) is 29.6 Å². The average molecular weight is 269 g/mol. The second-order valence-electron chi connectivity index (χ2n) is 4.68. The zero-order valence-electron chi connectivity index (χ0n) is 10.1. The number of carbonyl (C=O) groups excluding carboxylic acids is 1. The monoisotopic (exact) mass is 269 g/mol. The van der Waals surface area contributed by atoms with E-state index < -0.39 is 5.82 Å². The van der Waals surface area contributed by atoms with Crippen LogP contribution >= 0.6 is 12.6 Å². The zero-order chi connectivity index (χ0) is 13.3. The first kappa shape index (κ1) is 13.4. The molecule has 1 aromatic carbocycles. The highest BCUT2D eigenvalue weighted by molar-refractivity contribution is 7.80. The number of nitrogens with zero attached hydrogens (tertiary/aromatic N) is 1. The molecule has 1 heterocycles. The molecule has 0 spiro atoms. The van der Waals surface area contributed by atoms with Crippen LogP contribution in [0.25, 0.3) is 0 Å². The van der Waals surface area contributed by atoms with Crippen molar-refractivity contribution in [3.8, 4) is 0 Å². The van der Waals surface area contributed by atoms with Crippen LogP contribution in [0.4, 0.5) is 4.39 Å². The molecule has 2 rings (SSSR count). The minimum absolute atomic E-state index is 0.0398. The molecule has 0 saturated carbocycles. The molecule has 1 aliphatic heterocycles. The van der Waals surface area contributed by atoms with Crippen LogP contribution in [-0.4, -0.2) is 35.1 Å². The van der Waals surface area contributed by atoms with Gasteiger partial charge in [-0.1, -0.05) is 6.92 Å². The van der Waals surface area contributed by atoms with Gasteiger partial charge in [-0.05, 0) is 30.5 Å². The van der Waals surface area contributed by atoms with Crippen LogP contribution in [0.1, 0.15) is 23.7 Å². The van der Waals surface area contributed by atoms with Crippen LogP contribution in [-0.2, 0) is 0 Å². The summed E-state index contributed by atoms with van der Waals surface area (Å²) in [6.07, 6.45) is 0.881. The number of amides is 1. The Morgan fingerprint density at radius 1 is 1.61 bits per heavy atom. The molecular weight excluding hydrogens is 253 g/mol. The van der Waals surface area contributed by atoms with Crippen LogP contribution in [0.15, 0.2) is 23.1 Å². The number of halogens is 1. The van der Waals surface area contributed by atoms with Gasteiger partial charge in [0.25, 0.3) is 5.91 Å². The van der Waals surface area contributed by atoms with Crippen LogP contribution in [0.2, 0.25) is 0 Å². The topological polar surface area (TPSA) is 40.5 Å². The lowest BCUT2D eigenvalue weighted by molar-refractivity contribution is 0.0648. The second kappa shape index (κ2) is 5.28. The number of hydrogen-bond donors (Lipinski definition) is 2. The zero-order valence-corrected chi connectivity index (χ0v) is 11.0. The Kier molecular flexibility index (Phi) is 3.92. The van der Waals surface area contributed by atoms with E-state index in [2.05, 4.69) is 12.6 Å². The highest BCUT2D eigenvalue weighted by Crippen LogP contribution is 2.26. The van der Waals surface area contributed by atoms with Gasteiger partial charge < -0.3 is 10.0 Å². The van der Waals surface area contributed by atoms with Gasteiger partial charge in [0.2, 0.25) is 0 Å². The Morgan fingerprint density at radius 3 is 2.94 bits per heavy atom. The Hall–Kier alpha value is -1.07. The Morgan fingerprint density at radius 2 is 2.33 bits per heavy atom.